The fourth-order valence-electron chi connectivity index (χ4n) is 0.983. The Morgan fingerprint density at radius 1 is 1.67 bits per heavy atom. The number of amides is 1. The van der Waals surface area contributed by atoms with E-state index in [4.69, 9.17) is 17.3 Å². The SMILES string of the molecule is CCOON1CC(=O)N(CC(=O)O)C1=S. The van der Waals surface area contributed by atoms with Crippen LogP contribution < -0.4 is 0 Å². The zero-order chi connectivity index (χ0) is 11.4. The van der Waals surface area contributed by atoms with Crippen LogP contribution in [0.3, 0.4) is 0 Å². The normalized spacial score (nSPS) is 16.3. The van der Waals surface area contributed by atoms with Gasteiger partial charge in [-0.2, -0.15) is 5.06 Å². The summed E-state index contributed by atoms with van der Waals surface area (Å²) in [5.74, 6) is -1.56. The molecule has 0 aromatic heterocycles. The monoisotopic (exact) mass is 234 g/mol. The van der Waals surface area contributed by atoms with Crippen LogP contribution >= 0.6 is 12.2 Å². The number of rotatable bonds is 5. The van der Waals surface area contributed by atoms with E-state index in [1.165, 1.54) is 0 Å². The summed E-state index contributed by atoms with van der Waals surface area (Å²) in [6.45, 7) is 1.40. The third-order valence-corrected chi connectivity index (χ3v) is 2.00. The zero-order valence-electron chi connectivity index (χ0n) is 8.00. The molecule has 1 rings (SSSR count). The van der Waals surface area contributed by atoms with Crippen molar-refractivity contribution in [3.8, 4) is 0 Å². The number of carbonyl (C=O) groups excluding carboxylic acids is 1. The molecule has 0 atom stereocenters. The lowest BCUT2D eigenvalue weighted by Gasteiger charge is -2.16. The maximum atomic E-state index is 11.3. The van der Waals surface area contributed by atoms with Crippen LogP contribution in [0.15, 0.2) is 0 Å². The largest absolute Gasteiger partial charge is 0.480 e. The first-order valence-corrected chi connectivity index (χ1v) is 4.60. The fourth-order valence-corrected chi connectivity index (χ4v) is 1.24. The summed E-state index contributed by atoms with van der Waals surface area (Å²) in [5, 5.41) is 9.56. The van der Waals surface area contributed by atoms with E-state index in [-0.39, 0.29) is 11.7 Å². The molecule has 7 nitrogen and oxygen atoms in total. The van der Waals surface area contributed by atoms with Crippen molar-refractivity contribution in [1.29, 1.82) is 0 Å². The molecule has 1 N–H and O–H groups in total. The minimum absolute atomic E-state index is 0.00384. The number of thiocarbonyl (C=S) groups is 1. The van der Waals surface area contributed by atoms with Gasteiger partial charge in [-0.25, -0.2) is 4.89 Å². The average Bonchev–Trinajstić information content (AvgIpc) is 2.42. The van der Waals surface area contributed by atoms with Gasteiger partial charge in [0, 0.05) is 0 Å². The molecule has 0 aromatic rings. The Balaban J connectivity index is 2.58. The Bertz CT molecular complexity index is 295. The number of carboxylic acid groups (broad SMARTS) is 1. The van der Waals surface area contributed by atoms with Crippen LogP contribution in [0.2, 0.25) is 0 Å². The third kappa shape index (κ3) is 2.85. The number of carboxylic acids is 1. The molecule has 0 spiro atoms. The molecule has 8 heteroatoms. The fraction of sp³-hybridized carbons (Fsp3) is 0.571. The molecule has 1 aliphatic rings. The van der Waals surface area contributed by atoms with Gasteiger partial charge in [0.1, 0.15) is 13.1 Å². The van der Waals surface area contributed by atoms with Gasteiger partial charge in [0.25, 0.3) is 5.91 Å². The number of aliphatic carboxylic acids is 1. The predicted molar refractivity (Wildman–Crippen MR) is 51.4 cm³/mol. The Kier molecular flexibility index (Phi) is 3.95. The molecular weight excluding hydrogens is 224 g/mol. The smallest absolute Gasteiger partial charge is 0.323 e. The van der Waals surface area contributed by atoms with Gasteiger partial charge in [0.2, 0.25) is 5.11 Å². The molecule has 1 aliphatic heterocycles. The van der Waals surface area contributed by atoms with E-state index in [0.717, 1.165) is 9.96 Å². The summed E-state index contributed by atoms with van der Waals surface area (Å²) in [7, 11) is 0. The molecule has 1 heterocycles. The van der Waals surface area contributed by atoms with Crippen molar-refractivity contribution in [2.75, 3.05) is 19.7 Å². The van der Waals surface area contributed by atoms with Crippen molar-refractivity contribution < 1.29 is 24.6 Å². The molecule has 15 heavy (non-hydrogen) atoms. The van der Waals surface area contributed by atoms with Crippen molar-refractivity contribution in [3.63, 3.8) is 0 Å². The van der Waals surface area contributed by atoms with Gasteiger partial charge in [-0.15, -0.1) is 4.99 Å². The number of hydrogen-bond acceptors (Lipinski definition) is 5. The lowest BCUT2D eigenvalue weighted by molar-refractivity contribution is -0.394. The molecule has 1 fully saturated rings. The number of carbonyl (C=O) groups is 2. The van der Waals surface area contributed by atoms with Crippen LogP contribution in [0.25, 0.3) is 0 Å². The van der Waals surface area contributed by atoms with E-state index in [1.54, 1.807) is 6.92 Å². The maximum Gasteiger partial charge on any atom is 0.323 e. The quantitative estimate of drug-likeness (QED) is 0.386. The van der Waals surface area contributed by atoms with E-state index in [1.807, 2.05) is 0 Å². The first-order chi connectivity index (χ1) is 7.06. The molecule has 84 valence electrons. The van der Waals surface area contributed by atoms with Crippen molar-refractivity contribution in [2.45, 2.75) is 6.92 Å². The van der Waals surface area contributed by atoms with Crippen LogP contribution in [-0.2, 0) is 19.5 Å². The number of hydroxylamine groups is 2. The predicted octanol–water partition coefficient (Wildman–Crippen LogP) is -0.617. The molecule has 0 saturated carbocycles. The highest BCUT2D eigenvalue weighted by atomic mass is 32.1. The summed E-state index contributed by atoms with van der Waals surface area (Å²) in [6.07, 6.45) is 0. The zero-order valence-corrected chi connectivity index (χ0v) is 8.82. The standard InChI is InChI=1S/C7H10N2O5S/c1-2-13-14-9-3-5(10)8(7(9)15)4-6(11)12/h2-4H2,1H3,(H,11,12). The first-order valence-electron chi connectivity index (χ1n) is 4.19. The highest BCUT2D eigenvalue weighted by Crippen LogP contribution is 2.10. The van der Waals surface area contributed by atoms with E-state index in [2.05, 4.69) is 9.88 Å². The van der Waals surface area contributed by atoms with Crippen molar-refractivity contribution in [1.82, 2.24) is 9.96 Å². The molecule has 0 unspecified atom stereocenters. The first kappa shape index (κ1) is 11.8. The molecule has 0 radical (unpaired) electrons. The van der Waals surface area contributed by atoms with Crippen molar-refractivity contribution in [2.24, 2.45) is 0 Å². The number of hydrogen-bond donors (Lipinski definition) is 1. The van der Waals surface area contributed by atoms with Gasteiger partial charge in [-0.05, 0) is 19.1 Å². The van der Waals surface area contributed by atoms with Crippen molar-refractivity contribution in [3.05, 3.63) is 0 Å². The second kappa shape index (κ2) is 5.01. The minimum atomic E-state index is -1.14. The second-order valence-corrected chi connectivity index (χ2v) is 3.04. The average molecular weight is 234 g/mol. The Morgan fingerprint density at radius 3 is 2.87 bits per heavy atom. The maximum absolute atomic E-state index is 11.3. The van der Waals surface area contributed by atoms with Crippen LogP contribution in [0.5, 0.6) is 0 Å². The lowest BCUT2D eigenvalue weighted by Crippen LogP contribution is -2.36. The highest BCUT2D eigenvalue weighted by molar-refractivity contribution is 7.80. The Morgan fingerprint density at radius 2 is 2.33 bits per heavy atom. The molecule has 0 aromatic carbocycles. The molecule has 0 aliphatic carbocycles. The summed E-state index contributed by atoms with van der Waals surface area (Å²) in [5.41, 5.74) is 0. The van der Waals surface area contributed by atoms with E-state index >= 15 is 0 Å². The molecule has 0 bridgehead atoms. The summed E-state index contributed by atoms with van der Waals surface area (Å²) in [4.78, 5) is 31.9. The second-order valence-electron chi connectivity index (χ2n) is 2.67. The summed E-state index contributed by atoms with van der Waals surface area (Å²) >= 11 is 4.83. The molecule has 1 saturated heterocycles. The van der Waals surface area contributed by atoms with E-state index in [9.17, 15) is 9.59 Å². The minimum Gasteiger partial charge on any atom is -0.480 e. The van der Waals surface area contributed by atoms with Gasteiger partial charge in [0.15, 0.2) is 0 Å². The summed E-state index contributed by atoms with van der Waals surface area (Å²) in [6, 6.07) is 0. The summed E-state index contributed by atoms with van der Waals surface area (Å²) < 4.78 is 0. The molecule has 1 amide bonds. The van der Waals surface area contributed by atoms with Crippen LogP contribution in [0.4, 0.5) is 0 Å². The van der Waals surface area contributed by atoms with Gasteiger partial charge in [0.05, 0.1) is 6.61 Å². The van der Waals surface area contributed by atoms with Gasteiger partial charge < -0.3 is 5.11 Å². The van der Waals surface area contributed by atoms with Crippen LogP contribution in [0, 0.1) is 0 Å². The highest BCUT2D eigenvalue weighted by Gasteiger charge is 2.35. The van der Waals surface area contributed by atoms with Crippen LogP contribution in [0.1, 0.15) is 6.92 Å². The Hall–Kier alpha value is -1.25. The van der Waals surface area contributed by atoms with E-state index < -0.39 is 18.4 Å². The lowest BCUT2D eigenvalue weighted by atomic mass is 10.5. The van der Waals surface area contributed by atoms with Gasteiger partial charge in [-0.3, -0.25) is 14.5 Å². The topological polar surface area (TPSA) is 79.3 Å². The third-order valence-electron chi connectivity index (χ3n) is 1.58. The Labute approximate surface area is 91.0 Å². The van der Waals surface area contributed by atoms with Crippen molar-refractivity contribution >= 4 is 29.2 Å². The molecular formula is C7H10N2O5S. The van der Waals surface area contributed by atoms with Gasteiger partial charge >= 0.3 is 5.97 Å². The number of nitrogens with zero attached hydrogens (tertiary/aromatic N) is 2. The van der Waals surface area contributed by atoms with E-state index in [0.29, 0.717) is 6.61 Å². The van der Waals surface area contributed by atoms with Gasteiger partial charge in [-0.1, -0.05) is 0 Å². The van der Waals surface area contributed by atoms with Crippen LogP contribution in [-0.4, -0.2) is 51.8 Å².